The van der Waals surface area contributed by atoms with Crippen LogP contribution in [0.25, 0.3) is 0 Å². The minimum absolute atomic E-state index is 0.568. The fraction of sp³-hybridized carbons (Fsp3) is 0.818. The number of hydrogen-bond acceptors (Lipinski definition) is 5. The summed E-state index contributed by atoms with van der Waals surface area (Å²) in [6.45, 7) is 7.09. The molecule has 5 nitrogen and oxygen atoms in total. The zero-order valence-corrected chi connectivity index (χ0v) is 10.1. The van der Waals surface area contributed by atoms with E-state index in [9.17, 15) is 0 Å². The van der Waals surface area contributed by atoms with Crippen LogP contribution in [0.4, 0.5) is 6.01 Å². The van der Waals surface area contributed by atoms with E-state index in [-0.39, 0.29) is 0 Å². The van der Waals surface area contributed by atoms with E-state index < -0.39 is 0 Å². The van der Waals surface area contributed by atoms with Crippen molar-refractivity contribution in [1.29, 1.82) is 0 Å². The molecule has 1 aliphatic heterocycles. The van der Waals surface area contributed by atoms with Crippen molar-refractivity contribution in [2.24, 2.45) is 0 Å². The average molecular weight is 224 g/mol. The van der Waals surface area contributed by atoms with Crippen LogP contribution in [0.5, 0.6) is 0 Å². The van der Waals surface area contributed by atoms with Crippen molar-refractivity contribution >= 4 is 6.01 Å². The van der Waals surface area contributed by atoms with E-state index in [2.05, 4.69) is 27.3 Å². The molecule has 1 aliphatic rings. The fourth-order valence-electron chi connectivity index (χ4n) is 2.13. The van der Waals surface area contributed by atoms with Gasteiger partial charge < -0.3 is 14.7 Å². The maximum atomic E-state index is 5.23. The van der Waals surface area contributed by atoms with Crippen LogP contribution in [-0.2, 0) is 0 Å². The molecular formula is C11H20N4O. The highest BCUT2D eigenvalue weighted by molar-refractivity contribution is 5.25. The van der Waals surface area contributed by atoms with Gasteiger partial charge in [-0.2, -0.15) is 4.98 Å². The van der Waals surface area contributed by atoms with Crippen LogP contribution in [0, 0.1) is 6.92 Å². The first-order valence-corrected chi connectivity index (χ1v) is 6.08. The third-order valence-electron chi connectivity index (χ3n) is 2.88. The van der Waals surface area contributed by atoms with E-state index in [1.807, 2.05) is 6.92 Å². The smallest absolute Gasteiger partial charge is 0.323 e. The summed E-state index contributed by atoms with van der Waals surface area (Å²) in [7, 11) is 0. The number of rotatable bonds is 5. The summed E-state index contributed by atoms with van der Waals surface area (Å²) in [6.07, 6.45) is 3.61. The zero-order chi connectivity index (χ0) is 11.4. The third-order valence-corrected chi connectivity index (χ3v) is 2.88. The fourth-order valence-corrected chi connectivity index (χ4v) is 2.13. The maximum Gasteiger partial charge on any atom is 0.324 e. The van der Waals surface area contributed by atoms with Gasteiger partial charge in [-0.25, -0.2) is 0 Å². The maximum absolute atomic E-state index is 5.23. The van der Waals surface area contributed by atoms with Gasteiger partial charge in [-0.3, -0.25) is 0 Å². The van der Waals surface area contributed by atoms with E-state index in [0.29, 0.717) is 17.9 Å². The van der Waals surface area contributed by atoms with Crippen LogP contribution in [-0.4, -0.2) is 35.8 Å². The summed E-state index contributed by atoms with van der Waals surface area (Å²) in [5.74, 6) is 0.704. The first kappa shape index (κ1) is 11.4. The Morgan fingerprint density at radius 1 is 1.56 bits per heavy atom. The molecule has 1 saturated heterocycles. The first-order chi connectivity index (χ1) is 7.79. The molecule has 5 heteroatoms. The molecule has 16 heavy (non-hydrogen) atoms. The molecule has 2 rings (SSSR count). The van der Waals surface area contributed by atoms with Gasteiger partial charge in [0, 0.05) is 19.1 Å². The minimum atomic E-state index is 0.568. The lowest BCUT2D eigenvalue weighted by Crippen LogP contribution is -2.38. The normalized spacial score (nSPS) is 20.2. The number of aromatic nitrogens is 2. The molecule has 1 unspecified atom stereocenters. The summed E-state index contributed by atoms with van der Waals surface area (Å²) < 4.78 is 5.23. The van der Waals surface area contributed by atoms with Crippen LogP contribution in [0.1, 0.15) is 32.0 Å². The van der Waals surface area contributed by atoms with Crippen LogP contribution in [0.2, 0.25) is 0 Å². The van der Waals surface area contributed by atoms with E-state index in [1.165, 1.54) is 12.8 Å². The Morgan fingerprint density at radius 2 is 2.44 bits per heavy atom. The quantitative estimate of drug-likeness (QED) is 0.818. The molecule has 1 fully saturated rings. The molecule has 90 valence electrons. The van der Waals surface area contributed by atoms with E-state index in [4.69, 9.17) is 4.52 Å². The molecule has 1 aromatic rings. The lowest BCUT2D eigenvalue weighted by atomic mass is 10.2. The van der Waals surface area contributed by atoms with Crippen molar-refractivity contribution < 1.29 is 4.52 Å². The number of hydrogen-bond donors (Lipinski definition) is 1. The first-order valence-electron chi connectivity index (χ1n) is 6.08. The Bertz CT molecular complexity index is 320. The van der Waals surface area contributed by atoms with Crippen molar-refractivity contribution in [3.8, 4) is 0 Å². The molecule has 0 radical (unpaired) electrons. The second-order valence-electron chi connectivity index (χ2n) is 4.36. The van der Waals surface area contributed by atoms with Gasteiger partial charge in [0.15, 0.2) is 5.82 Å². The van der Waals surface area contributed by atoms with E-state index in [1.54, 1.807) is 0 Å². The standard InChI is InChI=1S/C11H20N4O/c1-3-7-15(8-10-5-4-6-12-10)11-13-9(2)14-16-11/h10,12H,3-8H2,1-2H3. The lowest BCUT2D eigenvalue weighted by molar-refractivity contribution is 0.402. The van der Waals surface area contributed by atoms with Crippen molar-refractivity contribution in [1.82, 2.24) is 15.5 Å². The molecule has 0 aromatic carbocycles. The highest BCUT2D eigenvalue weighted by atomic mass is 16.5. The van der Waals surface area contributed by atoms with Gasteiger partial charge in [0.05, 0.1) is 0 Å². The molecule has 1 atom stereocenters. The molecule has 0 saturated carbocycles. The predicted molar refractivity (Wildman–Crippen MR) is 62.6 cm³/mol. The van der Waals surface area contributed by atoms with Crippen LogP contribution in [0.3, 0.4) is 0 Å². The lowest BCUT2D eigenvalue weighted by Gasteiger charge is -2.22. The number of aryl methyl sites for hydroxylation is 1. The third kappa shape index (κ3) is 2.72. The molecule has 0 aliphatic carbocycles. The van der Waals surface area contributed by atoms with Gasteiger partial charge in [0.25, 0.3) is 0 Å². The second kappa shape index (κ2) is 5.30. The Balaban J connectivity index is 1.98. The largest absolute Gasteiger partial charge is 0.324 e. The van der Waals surface area contributed by atoms with E-state index >= 15 is 0 Å². The van der Waals surface area contributed by atoms with Gasteiger partial charge in [0.1, 0.15) is 0 Å². The van der Waals surface area contributed by atoms with Crippen LogP contribution in [0.15, 0.2) is 4.52 Å². The Morgan fingerprint density at radius 3 is 3.00 bits per heavy atom. The topological polar surface area (TPSA) is 54.2 Å². The molecule has 0 bridgehead atoms. The van der Waals surface area contributed by atoms with Gasteiger partial charge in [-0.1, -0.05) is 12.1 Å². The van der Waals surface area contributed by atoms with Gasteiger partial charge >= 0.3 is 6.01 Å². The summed E-state index contributed by atoms with van der Waals surface area (Å²) in [4.78, 5) is 6.48. The summed E-state index contributed by atoms with van der Waals surface area (Å²) in [5, 5.41) is 7.34. The van der Waals surface area contributed by atoms with Crippen molar-refractivity contribution in [3.63, 3.8) is 0 Å². The molecule has 0 amide bonds. The van der Waals surface area contributed by atoms with Gasteiger partial charge in [0.2, 0.25) is 0 Å². The number of nitrogens with one attached hydrogen (secondary N) is 1. The Hall–Kier alpha value is -1.10. The number of nitrogens with zero attached hydrogens (tertiary/aromatic N) is 3. The summed E-state index contributed by atoms with van der Waals surface area (Å²) in [6, 6.07) is 1.23. The van der Waals surface area contributed by atoms with Crippen molar-refractivity contribution in [2.75, 3.05) is 24.5 Å². The highest BCUT2D eigenvalue weighted by Gasteiger charge is 2.20. The predicted octanol–water partition coefficient (Wildman–Crippen LogP) is 1.35. The van der Waals surface area contributed by atoms with Crippen molar-refractivity contribution in [2.45, 2.75) is 39.2 Å². The highest BCUT2D eigenvalue weighted by Crippen LogP contribution is 2.14. The molecule has 2 heterocycles. The second-order valence-corrected chi connectivity index (χ2v) is 4.36. The van der Waals surface area contributed by atoms with Gasteiger partial charge in [-0.15, -0.1) is 0 Å². The van der Waals surface area contributed by atoms with Crippen molar-refractivity contribution in [3.05, 3.63) is 5.82 Å². The molecule has 1 N–H and O–H groups in total. The Kier molecular flexibility index (Phi) is 3.77. The molecular weight excluding hydrogens is 204 g/mol. The summed E-state index contributed by atoms with van der Waals surface area (Å²) in [5.41, 5.74) is 0. The Labute approximate surface area is 96.2 Å². The van der Waals surface area contributed by atoms with Crippen LogP contribution >= 0.6 is 0 Å². The molecule has 0 spiro atoms. The number of anilines is 1. The minimum Gasteiger partial charge on any atom is -0.323 e. The zero-order valence-electron chi connectivity index (χ0n) is 10.1. The van der Waals surface area contributed by atoms with Crippen LogP contribution < -0.4 is 10.2 Å². The van der Waals surface area contributed by atoms with E-state index in [0.717, 1.165) is 26.1 Å². The average Bonchev–Trinajstić information content (AvgIpc) is 2.88. The summed E-state index contributed by atoms with van der Waals surface area (Å²) >= 11 is 0. The molecule has 1 aromatic heterocycles. The van der Waals surface area contributed by atoms with Gasteiger partial charge in [-0.05, 0) is 32.7 Å². The SMILES string of the molecule is CCCN(CC1CCCN1)c1nc(C)no1. The monoisotopic (exact) mass is 224 g/mol.